The van der Waals surface area contributed by atoms with Gasteiger partial charge >= 0.3 is 5.97 Å². The number of piperidine rings is 1. The highest BCUT2D eigenvalue weighted by Gasteiger charge is 2.30. The molecule has 2 atom stereocenters. The second kappa shape index (κ2) is 7.35. The van der Waals surface area contributed by atoms with Gasteiger partial charge in [-0.3, -0.25) is 14.4 Å². The molecule has 0 bridgehead atoms. The third kappa shape index (κ3) is 3.52. The molecule has 0 spiro atoms. The molecule has 2 unspecified atom stereocenters. The van der Waals surface area contributed by atoms with E-state index in [4.69, 9.17) is 5.11 Å². The van der Waals surface area contributed by atoms with Crippen LogP contribution in [0.2, 0.25) is 0 Å². The van der Waals surface area contributed by atoms with Crippen LogP contribution in [0, 0.1) is 0 Å². The fourth-order valence-corrected chi connectivity index (χ4v) is 3.72. The van der Waals surface area contributed by atoms with Crippen LogP contribution >= 0.6 is 0 Å². The number of carboxylic acid groups (broad SMARTS) is 1. The molecule has 0 radical (unpaired) electrons. The number of nitrogens with one attached hydrogen (secondary N) is 1. The monoisotopic (exact) mass is 359 g/mol. The van der Waals surface area contributed by atoms with Crippen LogP contribution in [0.4, 0.5) is 11.4 Å². The molecule has 3 rings (SSSR count). The molecular weight excluding hydrogens is 334 g/mol. The third-order valence-corrected chi connectivity index (χ3v) is 5.42. The van der Waals surface area contributed by atoms with Crippen molar-refractivity contribution >= 4 is 29.2 Å². The van der Waals surface area contributed by atoms with Crippen LogP contribution in [-0.2, 0) is 9.59 Å². The summed E-state index contributed by atoms with van der Waals surface area (Å²) in [5.74, 6) is -1.03. The van der Waals surface area contributed by atoms with Crippen molar-refractivity contribution in [2.75, 3.05) is 23.8 Å². The number of nitrogens with zero attached hydrogens (tertiary/aromatic N) is 2. The van der Waals surface area contributed by atoms with Gasteiger partial charge in [-0.2, -0.15) is 0 Å². The van der Waals surface area contributed by atoms with Gasteiger partial charge in [0.05, 0.1) is 11.4 Å². The summed E-state index contributed by atoms with van der Waals surface area (Å²) >= 11 is 0. The minimum Gasteiger partial charge on any atom is -0.481 e. The van der Waals surface area contributed by atoms with Gasteiger partial charge in [0.2, 0.25) is 5.91 Å². The number of carbonyl (C=O) groups excluding carboxylic acids is 2. The number of fused-ring (bicyclic) bond motifs is 1. The number of anilines is 2. The standard InChI is InChI=1S/C19H25N3O4/c1-12-18(25)20-15-11-13(6-8-16(15)21(12)2)19(26)22-10-4-3-5-14(22)7-9-17(23)24/h6,8,11-12,14H,3-5,7,9-10H2,1-2H3,(H,20,25)(H,23,24). The molecule has 2 heterocycles. The smallest absolute Gasteiger partial charge is 0.303 e. The summed E-state index contributed by atoms with van der Waals surface area (Å²) in [5.41, 5.74) is 2.05. The van der Waals surface area contributed by atoms with Gasteiger partial charge in [0, 0.05) is 31.6 Å². The van der Waals surface area contributed by atoms with Crippen molar-refractivity contribution in [3.63, 3.8) is 0 Å². The molecule has 1 aromatic carbocycles. The SMILES string of the molecule is CC1C(=O)Nc2cc(C(=O)N3CCCCC3CCC(=O)O)ccc2N1C. The molecule has 2 aliphatic heterocycles. The Balaban J connectivity index is 1.82. The first kappa shape index (κ1) is 18.2. The Kier molecular flexibility index (Phi) is 5.15. The molecule has 140 valence electrons. The van der Waals surface area contributed by atoms with E-state index in [-0.39, 0.29) is 30.3 Å². The van der Waals surface area contributed by atoms with Gasteiger partial charge in [0.25, 0.3) is 5.91 Å². The number of hydrogen-bond acceptors (Lipinski definition) is 4. The van der Waals surface area contributed by atoms with E-state index in [9.17, 15) is 14.4 Å². The molecular formula is C19H25N3O4. The van der Waals surface area contributed by atoms with Crippen LogP contribution in [0.1, 0.15) is 49.4 Å². The number of amides is 2. The number of rotatable bonds is 4. The molecule has 2 amide bonds. The fourth-order valence-electron chi connectivity index (χ4n) is 3.72. The predicted octanol–water partition coefficient (Wildman–Crippen LogP) is 2.32. The minimum absolute atomic E-state index is 0.0410. The van der Waals surface area contributed by atoms with E-state index in [1.807, 2.05) is 24.9 Å². The normalized spacial score (nSPS) is 22.6. The molecule has 26 heavy (non-hydrogen) atoms. The molecule has 0 aromatic heterocycles. The Morgan fingerprint density at radius 2 is 2.08 bits per heavy atom. The van der Waals surface area contributed by atoms with E-state index in [2.05, 4.69) is 5.32 Å². The Morgan fingerprint density at radius 1 is 1.31 bits per heavy atom. The van der Waals surface area contributed by atoms with Crippen molar-refractivity contribution in [3.05, 3.63) is 23.8 Å². The summed E-state index contributed by atoms with van der Waals surface area (Å²) < 4.78 is 0. The van der Waals surface area contributed by atoms with Gasteiger partial charge in [-0.25, -0.2) is 0 Å². The summed E-state index contributed by atoms with van der Waals surface area (Å²) in [4.78, 5) is 39.6. The molecule has 0 aliphatic carbocycles. The van der Waals surface area contributed by atoms with Crippen LogP contribution in [0.15, 0.2) is 18.2 Å². The van der Waals surface area contributed by atoms with Gasteiger partial charge in [0.15, 0.2) is 0 Å². The molecule has 7 heteroatoms. The Labute approximate surface area is 153 Å². The molecule has 2 aliphatic rings. The predicted molar refractivity (Wildman–Crippen MR) is 98.5 cm³/mol. The second-order valence-electron chi connectivity index (χ2n) is 7.09. The second-order valence-corrected chi connectivity index (χ2v) is 7.09. The van der Waals surface area contributed by atoms with Gasteiger partial charge < -0.3 is 20.2 Å². The Morgan fingerprint density at radius 3 is 2.81 bits per heavy atom. The van der Waals surface area contributed by atoms with Crippen molar-refractivity contribution in [2.45, 2.75) is 51.1 Å². The van der Waals surface area contributed by atoms with Crippen molar-refractivity contribution < 1.29 is 19.5 Å². The van der Waals surface area contributed by atoms with E-state index >= 15 is 0 Å². The highest BCUT2D eigenvalue weighted by Crippen LogP contribution is 2.33. The molecule has 2 N–H and O–H groups in total. The molecule has 1 fully saturated rings. The molecule has 1 saturated heterocycles. The zero-order valence-corrected chi connectivity index (χ0v) is 15.2. The van der Waals surface area contributed by atoms with E-state index in [1.165, 1.54) is 0 Å². The number of likely N-dealkylation sites (tertiary alicyclic amines) is 1. The summed E-state index contributed by atoms with van der Waals surface area (Å²) in [5, 5.41) is 11.8. The number of benzene rings is 1. The molecule has 1 aromatic rings. The van der Waals surface area contributed by atoms with Gasteiger partial charge in [-0.05, 0) is 50.8 Å². The molecule has 0 saturated carbocycles. The van der Waals surface area contributed by atoms with Crippen LogP contribution in [0.5, 0.6) is 0 Å². The average Bonchev–Trinajstić information content (AvgIpc) is 2.63. The first-order chi connectivity index (χ1) is 12.4. The van der Waals surface area contributed by atoms with Gasteiger partial charge in [0.1, 0.15) is 6.04 Å². The third-order valence-electron chi connectivity index (χ3n) is 5.42. The van der Waals surface area contributed by atoms with Crippen LogP contribution in [0.3, 0.4) is 0 Å². The maximum Gasteiger partial charge on any atom is 0.303 e. The van der Waals surface area contributed by atoms with Crippen LogP contribution in [0.25, 0.3) is 0 Å². The van der Waals surface area contributed by atoms with E-state index in [0.29, 0.717) is 24.2 Å². The van der Waals surface area contributed by atoms with Gasteiger partial charge in [-0.15, -0.1) is 0 Å². The maximum atomic E-state index is 13.0. The highest BCUT2D eigenvalue weighted by molar-refractivity contribution is 6.05. The van der Waals surface area contributed by atoms with Crippen molar-refractivity contribution in [3.8, 4) is 0 Å². The Hall–Kier alpha value is -2.57. The molecule has 7 nitrogen and oxygen atoms in total. The van der Waals surface area contributed by atoms with Crippen LogP contribution < -0.4 is 10.2 Å². The lowest BCUT2D eigenvalue weighted by Crippen LogP contribution is -2.45. The summed E-state index contributed by atoms with van der Waals surface area (Å²) in [6, 6.07) is 5.06. The lowest BCUT2D eigenvalue weighted by atomic mass is 9.96. The average molecular weight is 359 g/mol. The number of likely N-dealkylation sites (N-methyl/N-ethyl adjacent to an activating group) is 1. The van der Waals surface area contributed by atoms with Crippen molar-refractivity contribution in [1.82, 2.24) is 4.90 Å². The largest absolute Gasteiger partial charge is 0.481 e. The minimum atomic E-state index is -0.836. The van der Waals surface area contributed by atoms with Gasteiger partial charge in [-0.1, -0.05) is 0 Å². The number of carbonyl (C=O) groups is 3. The number of carboxylic acids is 1. The lowest BCUT2D eigenvalue weighted by Gasteiger charge is -2.36. The summed E-state index contributed by atoms with van der Waals surface area (Å²) in [6.07, 6.45) is 3.32. The lowest BCUT2D eigenvalue weighted by molar-refractivity contribution is -0.137. The first-order valence-electron chi connectivity index (χ1n) is 9.09. The topological polar surface area (TPSA) is 90.0 Å². The first-order valence-corrected chi connectivity index (χ1v) is 9.09. The number of aliphatic carboxylic acids is 1. The van der Waals surface area contributed by atoms with Crippen LogP contribution in [-0.4, -0.2) is 53.5 Å². The van der Waals surface area contributed by atoms with Crippen molar-refractivity contribution in [2.24, 2.45) is 0 Å². The van der Waals surface area contributed by atoms with E-state index < -0.39 is 5.97 Å². The zero-order chi connectivity index (χ0) is 18.8. The zero-order valence-electron chi connectivity index (χ0n) is 15.2. The number of hydrogen-bond donors (Lipinski definition) is 2. The summed E-state index contributed by atoms with van der Waals surface area (Å²) in [7, 11) is 1.86. The summed E-state index contributed by atoms with van der Waals surface area (Å²) in [6.45, 7) is 2.47. The highest BCUT2D eigenvalue weighted by atomic mass is 16.4. The Bertz CT molecular complexity index is 733. The van der Waals surface area contributed by atoms with E-state index in [0.717, 1.165) is 24.9 Å². The van der Waals surface area contributed by atoms with E-state index in [1.54, 1.807) is 17.0 Å². The fraction of sp³-hybridized carbons (Fsp3) is 0.526. The quantitative estimate of drug-likeness (QED) is 0.861. The maximum absolute atomic E-state index is 13.0. The van der Waals surface area contributed by atoms with Crippen molar-refractivity contribution in [1.29, 1.82) is 0 Å².